The molecule has 2 aromatic carbocycles. The van der Waals surface area contributed by atoms with Crippen molar-refractivity contribution in [2.45, 2.75) is 13.8 Å². The molecule has 84 valence electrons. The second-order valence-electron chi connectivity index (χ2n) is 4.54. The van der Waals surface area contributed by atoms with Crippen molar-refractivity contribution in [2.75, 3.05) is 0 Å². The topological polar surface area (TPSA) is 15.8 Å². The van der Waals surface area contributed by atoms with Crippen LogP contribution in [0.4, 0.5) is 0 Å². The first-order valence-corrected chi connectivity index (χ1v) is 5.90. The lowest BCUT2D eigenvalue weighted by atomic mass is 10.1. The van der Waals surface area contributed by atoms with Gasteiger partial charge < -0.3 is 4.98 Å². The zero-order chi connectivity index (χ0) is 11.8. The highest BCUT2D eigenvalue weighted by molar-refractivity contribution is 5.97. The molecule has 0 atom stereocenters. The van der Waals surface area contributed by atoms with Gasteiger partial charge >= 0.3 is 0 Å². The molecule has 1 heteroatoms. The largest absolute Gasteiger partial charge is 0.358 e. The number of nitrogens with one attached hydrogen (secondary N) is 1. The molecule has 0 radical (unpaired) electrons. The Hall–Kier alpha value is -2.02. The van der Waals surface area contributed by atoms with Crippen LogP contribution in [-0.4, -0.2) is 4.98 Å². The highest BCUT2D eigenvalue weighted by Crippen LogP contribution is 2.30. The van der Waals surface area contributed by atoms with E-state index in [0.29, 0.717) is 0 Å². The van der Waals surface area contributed by atoms with E-state index < -0.39 is 0 Å². The van der Waals surface area contributed by atoms with E-state index in [4.69, 9.17) is 0 Å². The van der Waals surface area contributed by atoms with Gasteiger partial charge in [-0.3, -0.25) is 0 Å². The SMILES string of the molecule is Cc1ccc(-c2[nH]c(C)c3ccccc23)cc1. The summed E-state index contributed by atoms with van der Waals surface area (Å²) in [5.74, 6) is 0. The number of rotatable bonds is 1. The first-order chi connectivity index (χ1) is 8.25. The molecule has 0 saturated carbocycles. The zero-order valence-electron chi connectivity index (χ0n) is 10.1. The lowest BCUT2D eigenvalue weighted by molar-refractivity contribution is 1.28. The second kappa shape index (κ2) is 3.77. The third-order valence-corrected chi connectivity index (χ3v) is 3.25. The van der Waals surface area contributed by atoms with Gasteiger partial charge in [0.05, 0.1) is 5.69 Å². The van der Waals surface area contributed by atoms with Gasteiger partial charge in [-0.25, -0.2) is 0 Å². The van der Waals surface area contributed by atoms with Crippen LogP contribution in [0.2, 0.25) is 0 Å². The van der Waals surface area contributed by atoms with Crippen LogP contribution >= 0.6 is 0 Å². The van der Waals surface area contributed by atoms with E-state index in [2.05, 4.69) is 67.4 Å². The maximum absolute atomic E-state index is 3.49. The maximum atomic E-state index is 3.49. The van der Waals surface area contributed by atoms with Crippen molar-refractivity contribution in [3.05, 3.63) is 59.8 Å². The predicted octanol–water partition coefficient (Wildman–Crippen LogP) is 4.45. The van der Waals surface area contributed by atoms with Gasteiger partial charge in [0, 0.05) is 16.5 Å². The van der Waals surface area contributed by atoms with Crippen LogP contribution < -0.4 is 0 Å². The van der Waals surface area contributed by atoms with Crippen LogP contribution in [0.3, 0.4) is 0 Å². The Kier molecular flexibility index (Phi) is 2.25. The molecule has 0 saturated heterocycles. The number of fused-ring (bicyclic) bond motifs is 1. The number of benzene rings is 2. The molecule has 17 heavy (non-hydrogen) atoms. The van der Waals surface area contributed by atoms with Crippen LogP contribution in [0, 0.1) is 13.8 Å². The van der Waals surface area contributed by atoms with Gasteiger partial charge in [-0.1, -0.05) is 54.1 Å². The van der Waals surface area contributed by atoms with E-state index in [1.165, 1.54) is 33.3 Å². The summed E-state index contributed by atoms with van der Waals surface area (Å²) >= 11 is 0. The number of aromatic amines is 1. The van der Waals surface area contributed by atoms with Gasteiger partial charge in [0.25, 0.3) is 0 Å². The summed E-state index contributed by atoms with van der Waals surface area (Å²) in [5.41, 5.74) is 5.00. The molecule has 0 spiro atoms. The first-order valence-electron chi connectivity index (χ1n) is 5.90. The third-order valence-electron chi connectivity index (χ3n) is 3.25. The van der Waals surface area contributed by atoms with Gasteiger partial charge in [0.15, 0.2) is 0 Å². The Labute approximate surface area is 101 Å². The average Bonchev–Trinajstić information content (AvgIpc) is 2.69. The van der Waals surface area contributed by atoms with Crippen molar-refractivity contribution in [1.82, 2.24) is 4.98 Å². The molecule has 0 fully saturated rings. The highest BCUT2D eigenvalue weighted by Gasteiger charge is 2.07. The van der Waals surface area contributed by atoms with E-state index in [9.17, 15) is 0 Å². The van der Waals surface area contributed by atoms with Crippen LogP contribution in [0.1, 0.15) is 11.3 Å². The Morgan fingerprint density at radius 3 is 2.12 bits per heavy atom. The molecule has 0 unspecified atom stereocenters. The molecule has 3 rings (SSSR count). The summed E-state index contributed by atoms with van der Waals surface area (Å²) < 4.78 is 0. The van der Waals surface area contributed by atoms with Crippen molar-refractivity contribution >= 4 is 10.8 Å². The van der Waals surface area contributed by atoms with Crippen LogP contribution in [0.25, 0.3) is 22.0 Å². The smallest absolute Gasteiger partial charge is 0.0535 e. The summed E-state index contributed by atoms with van der Waals surface area (Å²) in [4.78, 5) is 3.49. The van der Waals surface area contributed by atoms with Crippen molar-refractivity contribution in [2.24, 2.45) is 0 Å². The molecule has 3 aromatic rings. The number of H-pyrrole nitrogens is 1. The van der Waals surface area contributed by atoms with E-state index in [1.54, 1.807) is 0 Å². The zero-order valence-corrected chi connectivity index (χ0v) is 10.1. The molecule has 1 nitrogen and oxygen atoms in total. The van der Waals surface area contributed by atoms with Crippen molar-refractivity contribution in [3.63, 3.8) is 0 Å². The Morgan fingerprint density at radius 2 is 1.41 bits per heavy atom. The average molecular weight is 221 g/mol. The van der Waals surface area contributed by atoms with Crippen molar-refractivity contribution in [1.29, 1.82) is 0 Å². The number of hydrogen-bond donors (Lipinski definition) is 1. The van der Waals surface area contributed by atoms with Gasteiger partial charge in [0.2, 0.25) is 0 Å². The lowest BCUT2D eigenvalue weighted by Crippen LogP contribution is -1.79. The molecule has 0 amide bonds. The fourth-order valence-corrected chi connectivity index (χ4v) is 2.30. The van der Waals surface area contributed by atoms with E-state index in [0.717, 1.165) is 0 Å². The fraction of sp³-hybridized carbons (Fsp3) is 0.125. The Bertz CT molecular complexity index is 660. The van der Waals surface area contributed by atoms with E-state index in [1.807, 2.05) is 0 Å². The molecule has 0 aliphatic rings. The molecule has 0 aliphatic heterocycles. The fourth-order valence-electron chi connectivity index (χ4n) is 2.30. The van der Waals surface area contributed by atoms with Crippen LogP contribution in [0.15, 0.2) is 48.5 Å². The molecular formula is C16H15N. The van der Waals surface area contributed by atoms with E-state index >= 15 is 0 Å². The van der Waals surface area contributed by atoms with Crippen molar-refractivity contribution in [3.8, 4) is 11.3 Å². The summed E-state index contributed by atoms with van der Waals surface area (Å²) in [5, 5.41) is 2.61. The minimum Gasteiger partial charge on any atom is -0.358 e. The summed E-state index contributed by atoms with van der Waals surface area (Å²) in [7, 11) is 0. The van der Waals surface area contributed by atoms with Crippen LogP contribution in [0.5, 0.6) is 0 Å². The third kappa shape index (κ3) is 1.64. The van der Waals surface area contributed by atoms with E-state index in [-0.39, 0.29) is 0 Å². The number of aryl methyl sites for hydroxylation is 2. The van der Waals surface area contributed by atoms with Gasteiger partial charge in [0.1, 0.15) is 0 Å². The van der Waals surface area contributed by atoms with Gasteiger partial charge in [-0.05, 0) is 19.4 Å². The number of aromatic nitrogens is 1. The summed E-state index contributed by atoms with van der Waals surface area (Å²) in [6.07, 6.45) is 0. The molecule has 0 aliphatic carbocycles. The minimum atomic E-state index is 1.22. The molecular weight excluding hydrogens is 206 g/mol. The van der Waals surface area contributed by atoms with Crippen LogP contribution in [-0.2, 0) is 0 Å². The Morgan fingerprint density at radius 1 is 0.765 bits per heavy atom. The monoisotopic (exact) mass is 221 g/mol. The lowest BCUT2D eigenvalue weighted by Gasteiger charge is -2.00. The maximum Gasteiger partial charge on any atom is 0.0535 e. The quantitative estimate of drug-likeness (QED) is 0.624. The normalized spacial score (nSPS) is 10.9. The molecule has 1 N–H and O–H groups in total. The van der Waals surface area contributed by atoms with Crippen molar-refractivity contribution < 1.29 is 0 Å². The Balaban J connectivity index is 2.27. The molecule has 0 bridgehead atoms. The second-order valence-corrected chi connectivity index (χ2v) is 4.54. The van der Waals surface area contributed by atoms with Gasteiger partial charge in [-0.2, -0.15) is 0 Å². The predicted molar refractivity (Wildman–Crippen MR) is 73.2 cm³/mol. The molecule has 1 aromatic heterocycles. The first kappa shape index (κ1) is 10.2. The summed E-state index contributed by atoms with van der Waals surface area (Å²) in [6.45, 7) is 4.24. The molecule has 1 heterocycles. The van der Waals surface area contributed by atoms with Gasteiger partial charge in [-0.15, -0.1) is 0 Å². The highest BCUT2D eigenvalue weighted by atomic mass is 14.7. The summed E-state index contributed by atoms with van der Waals surface area (Å²) in [6, 6.07) is 17.2. The number of hydrogen-bond acceptors (Lipinski definition) is 0. The standard InChI is InChI=1S/C16H15N/c1-11-7-9-13(10-8-11)16-15-6-4-3-5-14(15)12(2)17-16/h3-10,17H,1-2H3. The minimum absolute atomic E-state index is 1.22.